The molecule has 0 saturated carbocycles. The molecule has 10 heteroatoms. The molecule has 1 atom stereocenters. The highest BCUT2D eigenvalue weighted by molar-refractivity contribution is 6.04. The van der Waals surface area contributed by atoms with Crippen molar-refractivity contribution in [3.05, 3.63) is 72.4 Å². The van der Waals surface area contributed by atoms with E-state index in [0.29, 0.717) is 36.1 Å². The van der Waals surface area contributed by atoms with Crippen LogP contribution in [0.3, 0.4) is 0 Å². The summed E-state index contributed by atoms with van der Waals surface area (Å²) in [5, 5.41) is 2.80. The number of benzene rings is 1. The molecule has 5 rings (SSSR count). The monoisotopic (exact) mass is 501 g/mol. The number of fused-ring (bicyclic) bond motifs is 1. The number of carbonyl (C=O) groups excluding carboxylic acids is 2. The van der Waals surface area contributed by atoms with Crippen molar-refractivity contribution >= 4 is 29.3 Å². The van der Waals surface area contributed by atoms with Gasteiger partial charge in [0, 0.05) is 55.7 Å². The van der Waals surface area contributed by atoms with Gasteiger partial charge in [-0.15, -0.1) is 0 Å². The third-order valence-electron chi connectivity index (χ3n) is 6.13. The largest absolute Gasteiger partial charge is 0.384 e. The average molecular weight is 502 g/mol. The molecule has 1 aliphatic heterocycles. The number of likely N-dealkylation sites (N-methyl/N-ethyl adjacent to an activating group) is 1. The van der Waals surface area contributed by atoms with Crippen molar-refractivity contribution in [2.45, 2.75) is 18.8 Å². The van der Waals surface area contributed by atoms with E-state index in [0.717, 1.165) is 48.4 Å². The molecule has 3 aromatic heterocycles. The van der Waals surface area contributed by atoms with Gasteiger partial charge < -0.3 is 25.5 Å². The molecule has 1 amide bonds. The third kappa shape index (κ3) is 6.16. The number of nitrogens with zero attached hydrogens (tertiary/aromatic N) is 5. The van der Waals surface area contributed by atoms with Crippen molar-refractivity contribution < 1.29 is 14.3 Å². The number of methoxy groups -OCH3 is 1. The van der Waals surface area contributed by atoms with Crippen LogP contribution in [0.2, 0.25) is 0 Å². The number of hydrogen-bond donors (Lipinski definition) is 2. The van der Waals surface area contributed by atoms with Crippen molar-refractivity contribution in [1.82, 2.24) is 24.3 Å². The number of amides is 1. The number of rotatable bonds is 7. The highest BCUT2D eigenvalue weighted by Gasteiger charge is 2.27. The Balaban J connectivity index is 0.000000480. The lowest BCUT2D eigenvalue weighted by Crippen LogP contribution is -2.14. The van der Waals surface area contributed by atoms with Gasteiger partial charge in [0.1, 0.15) is 35.0 Å². The molecule has 4 heterocycles. The van der Waals surface area contributed by atoms with Crippen molar-refractivity contribution in [3.8, 4) is 11.3 Å². The van der Waals surface area contributed by atoms with E-state index in [1.165, 1.54) is 0 Å². The first-order valence-corrected chi connectivity index (χ1v) is 12.1. The van der Waals surface area contributed by atoms with E-state index < -0.39 is 0 Å². The van der Waals surface area contributed by atoms with Crippen LogP contribution in [0, 0.1) is 0 Å². The first-order valence-electron chi connectivity index (χ1n) is 12.1. The molecule has 1 unspecified atom stereocenters. The van der Waals surface area contributed by atoms with Crippen LogP contribution in [-0.4, -0.2) is 70.3 Å². The van der Waals surface area contributed by atoms with Crippen LogP contribution in [-0.2, 0) is 9.53 Å². The lowest BCUT2D eigenvalue weighted by molar-refractivity contribution is -0.108. The average Bonchev–Trinajstić information content (AvgIpc) is 3.53. The molecule has 1 aliphatic rings. The number of hydrogen-bond acceptors (Lipinski definition) is 8. The molecular weight excluding hydrogens is 470 g/mol. The summed E-state index contributed by atoms with van der Waals surface area (Å²) < 4.78 is 6.61. The van der Waals surface area contributed by atoms with Crippen LogP contribution < -0.4 is 11.1 Å². The van der Waals surface area contributed by atoms with Crippen LogP contribution >= 0.6 is 0 Å². The van der Waals surface area contributed by atoms with Gasteiger partial charge in [-0.3, -0.25) is 9.20 Å². The zero-order valence-corrected chi connectivity index (χ0v) is 21.0. The summed E-state index contributed by atoms with van der Waals surface area (Å²) >= 11 is 0. The van der Waals surface area contributed by atoms with Gasteiger partial charge in [-0.1, -0.05) is 18.2 Å². The topological polar surface area (TPSA) is 128 Å². The predicted molar refractivity (Wildman–Crippen MR) is 142 cm³/mol. The number of nitrogens with one attached hydrogen (secondary N) is 1. The van der Waals surface area contributed by atoms with Gasteiger partial charge >= 0.3 is 0 Å². The number of nitrogens with two attached hydrogens (primary N) is 1. The van der Waals surface area contributed by atoms with Crippen LogP contribution in [0.5, 0.6) is 0 Å². The molecule has 3 N–H and O–H groups in total. The zero-order chi connectivity index (χ0) is 26.2. The molecule has 0 bridgehead atoms. The van der Waals surface area contributed by atoms with Crippen LogP contribution in [0.15, 0.2) is 61.1 Å². The molecular formula is C27H31N7O3. The number of ether oxygens (including phenoxy) is 1. The highest BCUT2D eigenvalue weighted by Crippen LogP contribution is 2.33. The van der Waals surface area contributed by atoms with E-state index in [2.05, 4.69) is 36.4 Å². The fourth-order valence-electron chi connectivity index (χ4n) is 4.29. The maximum absolute atomic E-state index is 12.5. The smallest absolute Gasteiger partial charge is 0.256 e. The minimum Gasteiger partial charge on any atom is -0.384 e. The number of aromatic nitrogens is 4. The summed E-state index contributed by atoms with van der Waals surface area (Å²) in [7, 11) is 3.70. The first kappa shape index (κ1) is 25.9. The number of imidazole rings is 1. The fourth-order valence-corrected chi connectivity index (χ4v) is 4.29. The normalized spacial score (nSPS) is 15.2. The Morgan fingerprint density at radius 3 is 2.62 bits per heavy atom. The molecule has 4 aromatic rings. The highest BCUT2D eigenvalue weighted by atomic mass is 16.5. The Kier molecular flexibility index (Phi) is 8.55. The summed E-state index contributed by atoms with van der Waals surface area (Å²) in [5.74, 6) is 2.09. The van der Waals surface area contributed by atoms with Crippen molar-refractivity contribution in [3.63, 3.8) is 0 Å². The van der Waals surface area contributed by atoms with Gasteiger partial charge in [0.05, 0.1) is 6.61 Å². The summed E-state index contributed by atoms with van der Waals surface area (Å²) in [6.45, 7) is 2.56. The minimum atomic E-state index is -0.212. The molecule has 1 fully saturated rings. The summed E-state index contributed by atoms with van der Waals surface area (Å²) in [5.41, 5.74) is 9.27. The number of carbonyl (C=O) groups is 2. The Bertz CT molecular complexity index is 1340. The van der Waals surface area contributed by atoms with Crippen LogP contribution in [0.25, 0.3) is 16.8 Å². The maximum atomic E-state index is 12.5. The quantitative estimate of drug-likeness (QED) is 0.292. The first-order chi connectivity index (χ1) is 18.0. The van der Waals surface area contributed by atoms with Gasteiger partial charge in [0.25, 0.3) is 5.91 Å². The fraction of sp³-hybridized carbons (Fsp3) is 0.296. The number of nitrogen functional groups attached to an aromatic ring is 1. The Hall–Kier alpha value is -4.15. The minimum absolute atomic E-state index is 0.212. The van der Waals surface area contributed by atoms with Crippen molar-refractivity contribution in [2.75, 3.05) is 44.9 Å². The van der Waals surface area contributed by atoms with E-state index in [-0.39, 0.29) is 5.91 Å². The van der Waals surface area contributed by atoms with E-state index in [9.17, 15) is 9.59 Å². The molecule has 37 heavy (non-hydrogen) atoms. The van der Waals surface area contributed by atoms with Crippen molar-refractivity contribution in [1.29, 1.82) is 0 Å². The Morgan fingerprint density at radius 2 is 2.00 bits per heavy atom. The Morgan fingerprint density at radius 1 is 1.19 bits per heavy atom. The number of pyridine rings is 1. The van der Waals surface area contributed by atoms with Crippen molar-refractivity contribution in [2.24, 2.45) is 0 Å². The second kappa shape index (κ2) is 12.2. The molecule has 10 nitrogen and oxygen atoms in total. The Labute approximate surface area is 215 Å². The van der Waals surface area contributed by atoms with E-state index in [1.807, 2.05) is 24.4 Å². The van der Waals surface area contributed by atoms with Gasteiger partial charge in [-0.2, -0.15) is 0 Å². The van der Waals surface area contributed by atoms with Gasteiger partial charge in [-0.25, -0.2) is 15.0 Å². The molecule has 0 aliphatic carbocycles. The lowest BCUT2D eigenvalue weighted by atomic mass is 10.1. The lowest BCUT2D eigenvalue weighted by Gasteiger charge is -2.09. The summed E-state index contributed by atoms with van der Waals surface area (Å²) in [6.07, 6.45) is 7.68. The second-order valence-electron chi connectivity index (χ2n) is 8.79. The zero-order valence-electron chi connectivity index (χ0n) is 21.0. The van der Waals surface area contributed by atoms with E-state index in [1.54, 1.807) is 43.8 Å². The van der Waals surface area contributed by atoms with Gasteiger partial charge in [-0.05, 0) is 44.3 Å². The van der Waals surface area contributed by atoms with Gasteiger partial charge in [0.15, 0.2) is 0 Å². The molecule has 1 saturated heterocycles. The molecule has 192 valence electrons. The van der Waals surface area contributed by atoms with E-state index in [4.69, 9.17) is 10.7 Å². The van der Waals surface area contributed by atoms with E-state index >= 15 is 0 Å². The van der Waals surface area contributed by atoms with Crippen LogP contribution in [0.1, 0.15) is 34.9 Å². The summed E-state index contributed by atoms with van der Waals surface area (Å²) in [4.78, 5) is 37.7. The van der Waals surface area contributed by atoms with Crippen LogP contribution in [0.4, 0.5) is 11.6 Å². The molecule has 0 spiro atoms. The standard InChI is InChI=1S/C23H23N7O.C4H8O2/c1-29-12-9-17(14-29)22-28-19(20-21(24)26-11-13-30(20)22)15-5-7-16(8-6-15)23(31)27-18-4-2-3-10-25-18;1-6-4-2-3-5/h2-8,10-11,13,17H,9,12,14H2,1H3,(H2,24,26)(H,25,27,31);3H,2,4H2,1H3. The van der Waals surface area contributed by atoms with Gasteiger partial charge in [0.2, 0.25) is 0 Å². The molecule has 1 aromatic carbocycles. The third-order valence-corrected chi connectivity index (χ3v) is 6.13. The SMILES string of the molecule is CN1CCC(c2nc(-c3ccc(C(=O)Nc4ccccn4)cc3)c3c(N)nccn23)C1.COCCC=O. The maximum Gasteiger partial charge on any atom is 0.256 e. The number of likely N-dealkylation sites (tertiary alicyclic amines) is 1. The predicted octanol–water partition coefficient (Wildman–Crippen LogP) is 3.27. The second-order valence-corrected chi connectivity index (χ2v) is 8.79. The number of anilines is 2. The number of aldehydes is 1. The summed E-state index contributed by atoms with van der Waals surface area (Å²) in [6, 6.07) is 12.7. The molecule has 0 radical (unpaired) electrons.